The topological polar surface area (TPSA) is 0 Å². The van der Waals surface area contributed by atoms with Gasteiger partial charge in [-0.1, -0.05) is 0 Å². The minimum atomic E-state index is -3.69. The van der Waals surface area contributed by atoms with Gasteiger partial charge in [0, 0.05) is 0 Å². The van der Waals surface area contributed by atoms with Crippen LogP contribution in [0.15, 0.2) is 0 Å². The molecule has 0 heterocycles. The molecule has 56 valence electrons. The number of hydrogen-bond donors (Lipinski definition) is 0. The first kappa shape index (κ1) is 14.6. The van der Waals surface area contributed by atoms with E-state index in [0.29, 0.717) is 0 Å². The summed E-state index contributed by atoms with van der Waals surface area (Å²) < 4.78 is -3.69. The molecule has 0 saturated carbocycles. The summed E-state index contributed by atoms with van der Waals surface area (Å²) in [7, 11) is 9.90. The van der Waals surface area contributed by atoms with Crippen molar-refractivity contribution in [1.29, 1.82) is 0 Å². The van der Waals surface area contributed by atoms with Crippen LogP contribution in [-0.4, -0.2) is 0 Å². The van der Waals surface area contributed by atoms with Gasteiger partial charge >= 0.3 is 94.1 Å². The summed E-state index contributed by atoms with van der Waals surface area (Å²) in [4.78, 5) is 0. The van der Waals surface area contributed by atoms with Gasteiger partial charge in [0.15, 0.2) is 0 Å². The van der Waals surface area contributed by atoms with E-state index in [4.69, 9.17) is 75.6 Å². The van der Waals surface area contributed by atoms with E-state index in [9.17, 15) is 0 Å². The second kappa shape index (κ2) is 5.68. The van der Waals surface area contributed by atoms with Crippen molar-refractivity contribution < 1.29 is 15.1 Å². The van der Waals surface area contributed by atoms with Gasteiger partial charge in [-0.3, -0.25) is 0 Å². The molecule has 0 spiro atoms. The third-order valence-electron chi connectivity index (χ3n) is 0. The molecule has 0 rings (SSSR count). The number of halogens is 7. The van der Waals surface area contributed by atoms with Crippen LogP contribution in [-0.2, 0) is 15.1 Å². The Kier molecular flexibility index (Phi) is 9.22. The Morgan fingerprint density at radius 1 is 0.778 bits per heavy atom. The van der Waals surface area contributed by atoms with E-state index < -0.39 is 18.5 Å². The molecule has 0 atom stereocenters. The van der Waals surface area contributed by atoms with E-state index in [0.717, 1.165) is 0 Å². The average Bonchev–Trinajstić information content (AvgIpc) is 1.23. The molecule has 0 saturated heterocycles. The average molecular weight is 345 g/mol. The van der Waals surface area contributed by atoms with Crippen molar-refractivity contribution >= 4 is 79.0 Å². The maximum atomic E-state index is 4.98. The zero-order valence-corrected chi connectivity index (χ0v) is 13.0. The Hall–Kier alpha value is 3.08. The van der Waals surface area contributed by atoms with Crippen LogP contribution in [0.3, 0.4) is 0 Å². The fourth-order valence-corrected chi connectivity index (χ4v) is 0. The Morgan fingerprint density at radius 3 is 0.778 bits per heavy atom. The van der Waals surface area contributed by atoms with Crippen LogP contribution in [0, 0.1) is 0 Å². The summed E-state index contributed by atoms with van der Waals surface area (Å²) in [5, 5.41) is 0. The molecule has 0 aromatic carbocycles. The molecule has 0 amide bonds. The fourth-order valence-electron chi connectivity index (χ4n) is 0. The van der Waals surface area contributed by atoms with Gasteiger partial charge in [-0.05, 0) is 0 Å². The van der Waals surface area contributed by atoms with Crippen LogP contribution in [0.4, 0.5) is 0 Å². The molecule has 9 heteroatoms. The molecular formula is Cl7PZn. The molecule has 0 radical (unpaired) electrons. The fraction of sp³-hybridized carbons (Fsp3) is 0. The Bertz CT molecular complexity index is 51.8. The Morgan fingerprint density at radius 2 is 0.778 bits per heavy atom. The molecule has 0 aliphatic carbocycles. The van der Waals surface area contributed by atoms with Gasteiger partial charge in [-0.25, -0.2) is 0 Å². The van der Waals surface area contributed by atoms with Crippen molar-refractivity contribution in [3.05, 3.63) is 0 Å². The molecule has 0 fully saturated rings. The molecule has 0 aromatic rings. The van der Waals surface area contributed by atoms with Gasteiger partial charge in [0.1, 0.15) is 0 Å². The summed E-state index contributed by atoms with van der Waals surface area (Å²) in [6.07, 6.45) is 0. The van der Waals surface area contributed by atoms with Crippen LogP contribution in [0.1, 0.15) is 0 Å². The first-order chi connectivity index (χ1) is 3.65. The van der Waals surface area contributed by atoms with Crippen molar-refractivity contribution in [3.8, 4) is 0 Å². The Labute approximate surface area is 92.9 Å². The van der Waals surface area contributed by atoms with E-state index in [-0.39, 0.29) is 0 Å². The van der Waals surface area contributed by atoms with Crippen LogP contribution < -0.4 is 0 Å². The van der Waals surface area contributed by atoms with Crippen molar-refractivity contribution in [1.82, 2.24) is 0 Å². The first-order valence-corrected chi connectivity index (χ1v) is 15.9. The number of hydrogen-bond acceptors (Lipinski definition) is 0. The van der Waals surface area contributed by atoms with Crippen LogP contribution in [0.2, 0.25) is 0 Å². The first-order valence-electron chi connectivity index (χ1n) is 1.38. The van der Waals surface area contributed by atoms with Gasteiger partial charge in [0.25, 0.3) is 0 Å². The SMILES string of the molecule is ClP(Cl)(Cl)(Cl)Cl.[Cl][Zn][Cl]. The third-order valence-corrected chi connectivity index (χ3v) is 0. The minimum absolute atomic E-state index is 0.931. The standard InChI is InChI=1S/Cl5P.2ClH.Zn/c1-6(2,3,4)5;;;/h;2*1H;/q;;;+2/p-2. The molecule has 0 aliphatic rings. The summed E-state index contributed by atoms with van der Waals surface area (Å²) in [5.74, 6) is 0. The molecular weight excluding hydrogens is 345 g/mol. The zero-order valence-electron chi connectivity index (χ0n) is 3.80. The summed E-state index contributed by atoms with van der Waals surface area (Å²) >= 11 is 24.0. The van der Waals surface area contributed by atoms with Gasteiger partial charge < -0.3 is 0 Å². The van der Waals surface area contributed by atoms with Gasteiger partial charge in [-0.15, -0.1) is 0 Å². The predicted molar refractivity (Wildman–Crippen MR) is 47.9 cm³/mol. The summed E-state index contributed by atoms with van der Waals surface area (Å²) in [6, 6.07) is 0. The van der Waals surface area contributed by atoms with Crippen molar-refractivity contribution in [2.24, 2.45) is 0 Å². The molecule has 9 heavy (non-hydrogen) atoms. The second-order valence-electron chi connectivity index (χ2n) is 0.740. The van der Waals surface area contributed by atoms with E-state index in [1.165, 1.54) is 0 Å². The van der Waals surface area contributed by atoms with Crippen LogP contribution in [0.5, 0.6) is 0 Å². The van der Waals surface area contributed by atoms with Crippen LogP contribution in [0.25, 0.3) is 0 Å². The molecule has 0 aliphatic heterocycles. The van der Waals surface area contributed by atoms with E-state index in [1.807, 2.05) is 0 Å². The molecule has 0 N–H and O–H groups in total. The van der Waals surface area contributed by atoms with Crippen LogP contribution >= 0.6 is 79.0 Å². The quantitative estimate of drug-likeness (QED) is 0.391. The summed E-state index contributed by atoms with van der Waals surface area (Å²) in [6.45, 7) is 0. The monoisotopic (exact) mass is 340 g/mol. The second-order valence-corrected chi connectivity index (χ2v) is 22.0. The van der Waals surface area contributed by atoms with Gasteiger partial charge in [-0.2, -0.15) is 0 Å². The van der Waals surface area contributed by atoms with E-state index in [2.05, 4.69) is 0 Å². The Balaban J connectivity index is 0. The van der Waals surface area contributed by atoms with Crippen molar-refractivity contribution in [2.45, 2.75) is 0 Å². The van der Waals surface area contributed by atoms with E-state index in [1.54, 1.807) is 0 Å². The molecule has 0 bridgehead atoms. The number of rotatable bonds is 0. The summed E-state index contributed by atoms with van der Waals surface area (Å²) in [5.41, 5.74) is 0. The van der Waals surface area contributed by atoms with Gasteiger partial charge in [0.2, 0.25) is 0 Å². The zero-order chi connectivity index (χ0) is 8.15. The van der Waals surface area contributed by atoms with Crippen molar-refractivity contribution in [2.75, 3.05) is 0 Å². The van der Waals surface area contributed by atoms with Crippen molar-refractivity contribution in [3.63, 3.8) is 0 Å². The normalized spacial score (nSPS) is 13.9. The molecule has 0 aromatic heterocycles. The third kappa shape index (κ3) is 96.2. The molecule has 0 unspecified atom stereocenters. The predicted octanol–water partition coefficient (Wildman–Crippen LogP) is 5.69. The molecule has 0 nitrogen and oxygen atoms in total. The maximum absolute atomic E-state index is 4.98. The van der Waals surface area contributed by atoms with Gasteiger partial charge in [0.05, 0.1) is 0 Å². The van der Waals surface area contributed by atoms with E-state index >= 15 is 0 Å².